The fraction of sp³-hybridized carbons (Fsp3) is 0.833. The molecule has 0 saturated carbocycles. The van der Waals surface area contributed by atoms with Gasteiger partial charge in [0.05, 0.1) is 13.0 Å². The van der Waals surface area contributed by atoms with Crippen molar-refractivity contribution in [2.45, 2.75) is 6.10 Å². The number of oxime groups is 1. The highest BCUT2D eigenvalue weighted by atomic mass is 16.7. The number of nitrogens with one attached hydrogen (secondary N) is 1. The molecule has 1 saturated heterocycles. The molecule has 2 aliphatic heterocycles. The summed E-state index contributed by atoms with van der Waals surface area (Å²) in [5, 5.41) is 7.00. The first-order valence-electron chi connectivity index (χ1n) is 3.40. The lowest BCUT2D eigenvalue weighted by atomic mass is 10.1. The van der Waals surface area contributed by atoms with Crippen molar-refractivity contribution < 1.29 is 9.57 Å². The maximum atomic E-state index is 5.08. The molecule has 56 valence electrons. The Kier molecular flexibility index (Phi) is 1.27. The summed E-state index contributed by atoms with van der Waals surface area (Å²) < 4.78 is 5.01. The third kappa shape index (κ3) is 0.686. The lowest BCUT2D eigenvalue weighted by Crippen LogP contribution is -2.21. The van der Waals surface area contributed by atoms with Crippen LogP contribution < -0.4 is 5.32 Å². The Morgan fingerprint density at radius 3 is 3.40 bits per heavy atom. The molecule has 2 unspecified atom stereocenters. The van der Waals surface area contributed by atoms with Crippen LogP contribution in [0.1, 0.15) is 0 Å². The molecule has 2 aliphatic rings. The predicted octanol–water partition coefficient (Wildman–Crippen LogP) is -0.436. The summed E-state index contributed by atoms with van der Waals surface area (Å²) in [6.07, 6.45) is 0.218. The van der Waals surface area contributed by atoms with Crippen LogP contribution in [0.2, 0.25) is 0 Å². The number of rotatable bonds is 0. The van der Waals surface area contributed by atoms with Gasteiger partial charge in [-0.05, 0) is 0 Å². The smallest absolute Gasteiger partial charge is 0.233 e. The number of ether oxygens (including phenoxy) is 1. The van der Waals surface area contributed by atoms with Gasteiger partial charge < -0.3 is 14.9 Å². The minimum atomic E-state index is 0.218. The molecule has 0 spiro atoms. The number of fused-ring (bicyclic) bond motifs is 1. The van der Waals surface area contributed by atoms with E-state index in [0.717, 1.165) is 19.0 Å². The van der Waals surface area contributed by atoms with Gasteiger partial charge in [0.25, 0.3) is 0 Å². The monoisotopic (exact) mass is 142 g/mol. The zero-order valence-electron chi connectivity index (χ0n) is 5.83. The highest BCUT2D eigenvalue weighted by Gasteiger charge is 2.38. The Morgan fingerprint density at radius 1 is 1.70 bits per heavy atom. The van der Waals surface area contributed by atoms with Crippen LogP contribution in [0.25, 0.3) is 0 Å². The molecule has 0 aromatic heterocycles. The number of hydrogen-bond acceptors (Lipinski definition) is 4. The summed E-state index contributed by atoms with van der Waals surface area (Å²) in [6.45, 7) is 1.82. The molecule has 0 aromatic rings. The summed E-state index contributed by atoms with van der Waals surface area (Å²) in [5.41, 5.74) is 0. The van der Waals surface area contributed by atoms with Gasteiger partial charge in [-0.25, -0.2) is 0 Å². The van der Waals surface area contributed by atoms with E-state index in [1.165, 1.54) is 0 Å². The van der Waals surface area contributed by atoms with Gasteiger partial charge in [-0.2, -0.15) is 0 Å². The molecule has 10 heavy (non-hydrogen) atoms. The van der Waals surface area contributed by atoms with Gasteiger partial charge in [-0.15, -0.1) is 0 Å². The number of hydrogen-bond donors (Lipinski definition) is 1. The maximum Gasteiger partial charge on any atom is 0.233 e. The van der Waals surface area contributed by atoms with Crippen LogP contribution in [0.5, 0.6) is 0 Å². The predicted molar refractivity (Wildman–Crippen MR) is 35.7 cm³/mol. The van der Waals surface area contributed by atoms with Gasteiger partial charge >= 0.3 is 0 Å². The molecule has 0 aliphatic carbocycles. The van der Waals surface area contributed by atoms with E-state index in [4.69, 9.17) is 9.57 Å². The van der Waals surface area contributed by atoms with Crippen molar-refractivity contribution in [3.63, 3.8) is 0 Å². The van der Waals surface area contributed by atoms with Crippen molar-refractivity contribution in [2.75, 3.05) is 20.2 Å². The molecule has 1 N–H and O–H groups in total. The molecule has 0 bridgehead atoms. The Hall–Kier alpha value is -0.770. The Labute approximate surface area is 59.2 Å². The molecule has 1 fully saturated rings. The second-order valence-corrected chi connectivity index (χ2v) is 2.54. The standard InChI is InChI=1S/C6H10N2O2/c1-9-6-4-2-7-3-5(4)10-8-6/h4-5,7H,2-3H2,1H3. The summed E-state index contributed by atoms with van der Waals surface area (Å²) in [7, 11) is 1.63. The van der Waals surface area contributed by atoms with E-state index in [-0.39, 0.29) is 6.10 Å². The topological polar surface area (TPSA) is 42.9 Å². The van der Waals surface area contributed by atoms with Gasteiger partial charge in [-0.1, -0.05) is 5.16 Å². The van der Waals surface area contributed by atoms with Crippen LogP contribution in [0.3, 0.4) is 0 Å². The molecule has 0 radical (unpaired) electrons. The van der Waals surface area contributed by atoms with E-state index in [2.05, 4.69) is 10.5 Å². The maximum absolute atomic E-state index is 5.08. The van der Waals surface area contributed by atoms with E-state index in [1.54, 1.807) is 7.11 Å². The normalized spacial score (nSPS) is 36.7. The molecule has 0 aromatic carbocycles. The highest BCUT2D eigenvalue weighted by molar-refractivity contribution is 5.80. The fourth-order valence-electron chi connectivity index (χ4n) is 1.39. The lowest BCUT2D eigenvalue weighted by molar-refractivity contribution is 0.0841. The van der Waals surface area contributed by atoms with Crippen LogP contribution in [0.4, 0.5) is 0 Å². The minimum Gasteiger partial charge on any atom is -0.482 e. The molecule has 4 nitrogen and oxygen atoms in total. The third-order valence-electron chi connectivity index (χ3n) is 1.96. The highest BCUT2D eigenvalue weighted by Crippen LogP contribution is 2.21. The van der Waals surface area contributed by atoms with E-state index >= 15 is 0 Å². The van der Waals surface area contributed by atoms with Gasteiger partial charge in [0.1, 0.15) is 0 Å². The minimum absolute atomic E-state index is 0.218. The first-order chi connectivity index (χ1) is 4.92. The second-order valence-electron chi connectivity index (χ2n) is 2.54. The van der Waals surface area contributed by atoms with Crippen molar-refractivity contribution in [1.29, 1.82) is 0 Å². The molecule has 2 rings (SSSR count). The fourth-order valence-corrected chi connectivity index (χ4v) is 1.39. The Bertz CT molecular complexity index is 169. The summed E-state index contributed by atoms with van der Waals surface area (Å²) in [5.74, 6) is 1.08. The summed E-state index contributed by atoms with van der Waals surface area (Å²) in [6, 6.07) is 0. The largest absolute Gasteiger partial charge is 0.482 e. The van der Waals surface area contributed by atoms with Gasteiger partial charge in [0, 0.05) is 13.1 Å². The average Bonchev–Trinajstić information content (AvgIpc) is 2.44. The summed E-state index contributed by atoms with van der Waals surface area (Å²) in [4.78, 5) is 5.08. The van der Waals surface area contributed by atoms with Crippen LogP contribution in [0, 0.1) is 5.92 Å². The van der Waals surface area contributed by atoms with E-state index in [0.29, 0.717) is 5.92 Å². The van der Waals surface area contributed by atoms with Gasteiger partial charge in [0.15, 0.2) is 6.10 Å². The lowest BCUT2D eigenvalue weighted by Gasteiger charge is -2.04. The van der Waals surface area contributed by atoms with Gasteiger partial charge in [0.2, 0.25) is 5.90 Å². The first-order valence-corrected chi connectivity index (χ1v) is 3.40. The molecule has 2 atom stereocenters. The van der Waals surface area contributed by atoms with Crippen molar-refractivity contribution in [1.82, 2.24) is 5.32 Å². The molecule has 0 amide bonds. The van der Waals surface area contributed by atoms with E-state index in [9.17, 15) is 0 Å². The van der Waals surface area contributed by atoms with Crippen LogP contribution in [0.15, 0.2) is 5.16 Å². The zero-order valence-corrected chi connectivity index (χ0v) is 5.83. The SMILES string of the molecule is COC1=NOC2CNCC12. The van der Waals surface area contributed by atoms with E-state index < -0.39 is 0 Å². The molecule has 2 heterocycles. The Balaban J connectivity index is 2.10. The quantitative estimate of drug-likeness (QED) is 0.499. The summed E-state index contributed by atoms with van der Waals surface area (Å²) >= 11 is 0. The molecular weight excluding hydrogens is 132 g/mol. The Morgan fingerprint density at radius 2 is 2.60 bits per heavy atom. The van der Waals surface area contributed by atoms with Crippen molar-refractivity contribution in [2.24, 2.45) is 11.1 Å². The van der Waals surface area contributed by atoms with Crippen LogP contribution in [-0.4, -0.2) is 32.2 Å². The van der Waals surface area contributed by atoms with Crippen molar-refractivity contribution in [3.05, 3.63) is 0 Å². The van der Waals surface area contributed by atoms with Crippen LogP contribution >= 0.6 is 0 Å². The number of methoxy groups -OCH3 is 1. The van der Waals surface area contributed by atoms with E-state index in [1.807, 2.05) is 0 Å². The molecule has 4 heteroatoms. The van der Waals surface area contributed by atoms with Crippen LogP contribution in [-0.2, 0) is 9.57 Å². The third-order valence-corrected chi connectivity index (χ3v) is 1.96. The zero-order chi connectivity index (χ0) is 6.97. The molecular formula is C6H10N2O2. The average molecular weight is 142 g/mol. The second kappa shape index (κ2) is 2.12. The van der Waals surface area contributed by atoms with Gasteiger partial charge in [-0.3, -0.25) is 0 Å². The van der Waals surface area contributed by atoms with Crippen molar-refractivity contribution >= 4 is 5.90 Å². The first kappa shape index (κ1) is 5.97. The number of nitrogens with zero attached hydrogens (tertiary/aromatic N) is 1. The van der Waals surface area contributed by atoms with Crippen molar-refractivity contribution in [3.8, 4) is 0 Å².